The van der Waals surface area contributed by atoms with E-state index >= 15 is 0 Å². The lowest BCUT2D eigenvalue weighted by Crippen LogP contribution is -2.67. The second kappa shape index (κ2) is 6.20. The van der Waals surface area contributed by atoms with E-state index in [1.165, 1.54) is 19.3 Å². The average Bonchev–Trinajstić information content (AvgIpc) is 2.32. The molecule has 0 radical (unpaired) electrons. The zero-order chi connectivity index (χ0) is 13.9. The van der Waals surface area contributed by atoms with Gasteiger partial charge in [-0.3, -0.25) is 4.79 Å². The maximum Gasteiger partial charge on any atom is 0.222 e. The standard InChI is InChI=1S/C14H26N2O3/c1-3-19-12-8-11(14(12)5-4-6-14)16-13(17)7-10(9-15)18-2/h10-12H,3-9,15H2,1-2H3,(H,16,17). The lowest BCUT2D eigenvalue weighted by Gasteiger charge is -2.61. The fourth-order valence-electron chi connectivity index (χ4n) is 3.36. The number of methoxy groups -OCH3 is 1. The molecule has 2 aliphatic rings. The van der Waals surface area contributed by atoms with E-state index in [0.717, 1.165) is 13.0 Å². The molecule has 0 aliphatic heterocycles. The molecule has 5 nitrogen and oxygen atoms in total. The summed E-state index contributed by atoms with van der Waals surface area (Å²) >= 11 is 0. The quantitative estimate of drug-likeness (QED) is 0.718. The summed E-state index contributed by atoms with van der Waals surface area (Å²) in [6.45, 7) is 3.16. The Morgan fingerprint density at radius 2 is 2.26 bits per heavy atom. The zero-order valence-electron chi connectivity index (χ0n) is 12.0. The van der Waals surface area contributed by atoms with Crippen LogP contribution >= 0.6 is 0 Å². The maximum atomic E-state index is 12.0. The molecule has 3 unspecified atom stereocenters. The van der Waals surface area contributed by atoms with Crippen molar-refractivity contribution in [2.45, 2.75) is 57.3 Å². The monoisotopic (exact) mass is 270 g/mol. The van der Waals surface area contributed by atoms with Crippen molar-refractivity contribution in [3.8, 4) is 0 Å². The van der Waals surface area contributed by atoms with Gasteiger partial charge in [0.1, 0.15) is 0 Å². The van der Waals surface area contributed by atoms with Gasteiger partial charge in [0.2, 0.25) is 5.91 Å². The number of nitrogens with two attached hydrogens (primary N) is 1. The van der Waals surface area contributed by atoms with Crippen LogP contribution in [0.3, 0.4) is 0 Å². The van der Waals surface area contributed by atoms with Crippen LogP contribution in [0.2, 0.25) is 0 Å². The van der Waals surface area contributed by atoms with Crippen molar-refractivity contribution in [1.82, 2.24) is 5.32 Å². The fraction of sp³-hybridized carbons (Fsp3) is 0.929. The third-order valence-corrected chi connectivity index (χ3v) is 4.78. The summed E-state index contributed by atoms with van der Waals surface area (Å²) in [5.74, 6) is 0.0449. The van der Waals surface area contributed by atoms with E-state index in [1.54, 1.807) is 7.11 Å². The van der Waals surface area contributed by atoms with Gasteiger partial charge in [0.25, 0.3) is 0 Å². The predicted molar refractivity (Wildman–Crippen MR) is 72.7 cm³/mol. The summed E-state index contributed by atoms with van der Waals surface area (Å²) in [7, 11) is 1.59. The zero-order valence-corrected chi connectivity index (χ0v) is 12.0. The van der Waals surface area contributed by atoms with Crippen molar-refractivity contribution in [1.29, 1.82) is 0 Å². The minimum atomic E-state index is -0.180. The van der Waals surface area contributed by atoms with Gasteiger partial charge >= 0.3 is 0 Å². The molecule has 19 heavy (non-hydrogen) atoms. The highest BCUT2D eigenvalue weighted by Crippen LogP contribution is 2.57. The first-order valence-corrected chi connectivity index (χ1v) is 7.30. The molecule has 0 aromatic carbocycles. The number of rotatable bonds is 7. The van der Waals surface area contributed by atoms with Crippen LogP contribution in [0.5, 0.6) is 0 Å². The van der Waals surface area contributed by atoms with Crippen LogP contribution in [0, 0.1) is 5.41 Å². The van der Waals surface area contributed by atoms with E-state index in [-0.39, 0.29) is 23.5 Å². The molecule has 2 fully saturated rings. The molecule has 110 valence electrons. The molecule has 0 aromatic heterocycles. The van der Waals surface area contributed by atoms with Gasteiger partial charge in [-0.05, 0) is 26.2 Å². The van der Waals surface area contributed by atoms with Crippen LogP contribution in [0.15, 0.2) is 0 Å². The Bertz CT molecular complexity index is 314. The minimum Gasteiger partial charge on any atom is -0.380 e. The summed E-state index contributed by atoms with van der Waals surface area (Å²) in [6, 6.07) is 0.278. The van der Waals surface area contributed by atoms with Crippen molar-refractivity contribution in [3.63, 3.8) is 0 Å². The molecule has 0 heterocycles. The first-order chi connectivity index (χ1) is 9.16. The largest absolute Gasteiger partial charge is 0.380 e. The first kappa shape index (κ1) is 14.8. The molecule has 5 heteroatoms. The highest BCUT2D eigenvalue weighted by Gasteiger charge is 2.59. The number of carbonyl (C=O) groups excluding carboxylic acids is 1. The number of ether oxygens (including phenoxy) is 2. The average molecular weight is 270 g/mol. The summed E-state index contributed by atoms with van der Waals surface area (Å²) in [6.07, 6.45) is 5.04. The molecule has 0 saturated heterocycles. The van der Waals surface area contributed by atoms with E-state index < -0.39 is 0 Å². The smallest absolute Gasteiger partial charge is 0.222 e. The van der Waals surface area contributed by atoms with E-state index in [4.69, 9.17) is 15.2 Å². The molecule has 3 N–H and O–H groups in total. The van der Waals surface area contributed by atoms with Gasteiger partial charge in [0.15, 0.2) is 0 Å². The van der Waals surface area contributed by atoms with Gasteiger partial charge in [0.05, 0.1) is 18.6 Å². The molecule has 2 rings (SSSR count). The number of hydrogen-bond donors (Lipinski definition) is 2. The van der Waals surface area contributed by atoms with Gasteiger partial charge in [0, 0.05) is 31.7 Å². The maximum absolute atomic E-state index is 12.0. The minimum absolute atomic E-state index is 0.0449. The Morgan fingerprint density at radius 1 is 1.53 bits per heavy atom. The first-order valence-electron chi connectivity index (χ1n) is 7.30. The Hall–Kier alpha value is -0.650. The van der Waals surface area contributed by atoms with Gasteiger partial charge < -0.3 is 20.5 Å². The van der Waals surface area contributed by atoms with E-state index in [9.17, 15) is 4.79 Å². The van der Waals surface area contributed by atoms with Crippen molar-refractivity contribution in [2.75, 3.05) is 20.3 Å². The molecule has 0 aromatic rings. The van der Waals surface area contributed by atoms with E-state index in [2.05, 4.69) is 5.32 Å². The van der Waals surface area contributed by atoms with Crippen LogP contribution in [0.1, 0.15) is 39.0 Å². The number of nitrogens with one attached hydrogen (secondary N) is 1. The molecular formula is C14H26N2O3. The molecule has 1 amide bonds. The van der Waals surface area contributed by atoms with Gasteiger partial charge in [-0.15, -0.1) is 0 Å². The van der Waals surface area contributed by atoms with E-state index in [1.807, 2.05) is 6.92 Å². The Morgan fingerprint density at radius 3 is 2.74 bits per heavy atom. The lowest BCUT2D eigenvalue weighted by molar-refractivity contribution is -0.176. The fourth-order valence-corrected chi connectivity index (χ4v) is 3.36. The van der Waals surface area contributed by atoms with Crippen LogP contribution in [0.4, 0.5) is 0 Å². The normalized spacial score (nSPS) is 29.4. The van der Waals surface area contributed by atoms with Crippen molar-refractivity contribution in [2.24, 2.45) is 11.1 Å². The van der Waals surface area contributed by atoms with Crippen molar-refractivity contribution >= 4 is 5.91 Å². The summed E-state index contributed by atoms with van der Waals surface area (Å²) in [5, 5.41) is 3.14. The third-order valence-electron chi connectivity index (χ3n) is 4.78. The second-order valence-electron chi connectivity index (χ2n) is 5.68. The lowest BCUT2D eigenvalue weighted by atomic mass is 9.51. The number of carbonyl (C=O) groups is 1. The Kier molecular flexibility index (Phi) is 4.81. The number of hydrogen-bond acceptors (Lipinski definition) is 4. The summed E-state index contributed by atoms with van der Waals surface area (Å²) in [4.78, 5) is 12.0. The molecule has 1 spiro atoms. The van der Waals surface area contributed by atoms with Crippen LogP contribution in [-0.4, -0.2) is 44.4 Å². The highest BCUT2D eigenvalue weighted by molar-refractivity contribution is 5.77. The predicted octanol–water partition coefficient (Wildman–Crippen LogP) is 0.814. The van der Waals surface area contributed by atoms with Gasteiger partial charge in [-0.1, -0.05) is 6.42 Å². The molecular weight excluding hydrogens is 244 g/mol. The summed E-state index contributed by atoms with van der Waals surface area (Å²) < 4.78 is 10.9. The van der Waals surface area contributed by atoms with Crippen molar-refractivity contribution in [3.05, 3.63) is 0 Å². The van der Waals surface area contributed by atoms with Crippen molar-refractivity contribution < 1.29 is 14.3 Å². The molecule has 3 atom stereocenters. The summed E-state index contributed by atoms with van der Waals surface area (Å²) in [5.41, 5.74) is 5.76. The topological polar surface area (TPSA) is 73.6 Å². The van der Waals surface area contributed by atoms with E-state index in [0.29, 0.717) is 19.1 Å². The Labute approximate surface area is 115 Å². The number of amides is 1. The Balaban J connectivity index is 1.82. The van der Waals surface area contributed by atoms with Crippen LogP contribution < -0.4 is 11.1 Å². The molecule has 0 bridgehead atoms. The highest BCUT2D eigenvalue weighted by atomic mass is 16.5. The van der Waals surface area contributed by atoms with Gasteiger partial charge in [-0.25, -0.2) is 0 Å². The second-order valence-corrected chi connectivity index (χ2v) is 5.68. The molecule has 2 saturated carbocycles. The van der Waals surface area contributed by atoms with Crippen LogP contribution in [-0.2, 0) is 14.3 Å². The third kappa shape index (κ3) is 2.78. The SMILES string of the molecule is CCOC1CC(NC(=O)CC(CN)OC)C12CCC2. The van der Waals surface area contributed by atoms with Crippen LogP contribution in [0.25, 0.3) is 0 Å². The molecule has 2 aliphatic carbocycles. The van der Waals surface area contributed by atoms with Gasteiger partial charge in [-0.2, -0.15) is 0 Å².